The van der Waals surface area contributed by atoms with Crippen molar-refractivity contribution in [1.82, 2.24) is 0 Å². The van der Waals surface area contributed by atoms with Crippen LogP contribution in [0.15, 0.2) is 12.2 Å². The fraction of sp³-hybridized carbons (Fsp3) is 0.786. The van der Waals surface area contributed by atoms with Crippen LogP contribution < -0.4 is 0 Å². The van der Waals surface area contributed by atoms with Crippen molar-refractivity contribution in [2.75, 3.05) is 39.4 Å². The fourth-order valence-corrected chi connectivity index (χ4v) is 2.65. The molecule has 124 valence electrons. The average molecular weight is 322 g/mol. The summed E-state index contributed by atoms with van der Waals surface area (Å²) in [6.07, 6.45) is -1.34. The highest BCUT2D eigenvalue weighted by atomic mass is 31.1. The van der Waals surface area contributed by atoms with E-state index in [0.717, 1.165) is 30.7 Å². The zero-order valence-corrected chi connectivity index (χ0v) is 14.6. The van der Waals surface area contributed by atoms with Crippen molar-refractivity contribution in [3.05, 3.63) is 12.2 Å². The molecule has 2 atom stereocenters. The molecule has 0 spiro atoms. The molecule has 2 unspecified atom stereocenters. The van der Waals surface area contributed by atoms with Gasteiger partial charge in [-0.15, -0.1) is 0 Å². The molecule has 1 N–H and O–H groups in total. The zero-order valence-electron chi connectivity index (χ0n) is 13.6. The number of hydrogen-bond acceptors (Lipinski definition) is 5. The summed E-state index contributed by atoms with van der Waals surface area (Å²) in [5, 5.41) is 9.49. The van der Waals surface area contributed by atoms with E-state index in [1.165, 1.54) is 6.92 Å². The number of Topliss-reactive ketones (excluding diaryl/α,β-unsaturated/α-hetero) is 1. The number of aliphatic hydroxyl groups excluding tert-OH is 1. The van der Waals surface area contributed by atoms with E-state index in [4.69, 9.17) is 9.05 Å². The molecule has 0 radical (unpaired) electrons. The molecule has 0 aromatic heterocycles. The quantitative estimate of drug-likeness (QED) is 0.337. The minimum absolute atomic E-state index is 0.239. The summed E-state index contributed by atoms with van der Waals surface area (Å²) < 4.78 is 22.5. The maximum atomic E-state index is 11.6. The van der Waals surface area contributed by atoms with Crippen LogP contribution >= 0.6 is 8.25 Å². The number of quaternary nitrogens is 1. The van der Waals surface area contributed by atoms with Crippen LogP contribution in [-0.4, -0.2) is 60.9 Å². The van der Waals surface area contributed by atoms with Gasteiger partial charge < -0.3 is 18.6 Å². The molecule has 0 rings (SSSR count). The Hall–Kier alpha value is -0.520. The molecule has 0 saturated carbocycles. The van der Waals surface area contributed by atoms with E-state index in [0.29, 0.717) is 6.61 Å². The summed E-state index contributed by atoms with van der Waals surface area (Å²) in [5.41, 5.74) is 0.239. The Bertz CT molecular complexity index is 360. The number of rotatable bonds is 12. The van der Waals surface area contributed by atoms with Crippen LogP contribution in [0.25, 0.3) is 0 Å². The predicted molar refractivity (Wildman–Crippen MR) is 83.5 cm³/mol. The first-order chi connectivity index (χ1) is 9.81. The Morgan fingerprint density at radius 3 is 2.19 bits per heavy atom. The van der Waals surface area contributed by atoms with Crippen LogP contribution in [-0.2, 0) is 18.4 Å². The molecule has 0 aliphatic heterocycles. The smallest absolute Gasteiger partial charge is 0.319 e. The van der Waals surface area contributed by atoms with Crippen molar-refractivity contribution in [2.24, 2.45) is 0 Å². The van der Waals surface area contributed by atoms with Crippen LogP contribution in [0.1, 0.15) is 27.7 Å². The number of carbonyl (C=O) groups is 1. The van der Waals surface area contributed by atoms with E-state index in [1.807, 2.05) is 0 Å². The number of carbonyl (C=O) groups excluding carboxylic acids is 1. The van der Waals surface area contributed by atoms with Gasteiger partial charge in [0.15, 0.2) is 5.78 Å². The summed E-state index contributed by atoms with van der Waals surface area (Å²) >= 11 is 0. The third kappa shape index (κ3) is 7.34. The molecule has 0 saturated heterocycles. The first-order valence-corrected chi connectivity index (χ1v) is 8.56. The lowest BCUT2D eigenvalue weighted by Crippen LogP contribution is -2.49. The van der Waals surface area contributed by atoms with Gasteiger partial charge >= 0.3 is 8.25 Å². The average Bonchev–Trinajstić information content (AvgIpc) is 2.48. The summed E-state index contributed by atoms with van der Waals surface area (Å²) in [6.45, 7) is 15.0. The SMILES string of the molecule is C=C(C)C(=O)C(O)CO[PH](=O)OCC[N+](CC)(CC)CC. The molecular formula is C14H29NO5P+. The molecule has 7 heteroatoms. The maximum absolute atomic E-state index is 11.6. The molecule has 6 nitrogen and oxygen atoms in total. The molecule has 21 heavy (non-hydrogen) atoms. The molecule has 0 amide bonds. The summed E-state index contributed by atoms with van der Waals surface area (Å²) in [4.78, 5) is 11.4. The molecule has 0 bridgehead atoms. The van der Waals surface area contributed by atoms with Gasteiger partial charge in [-0.25, -0.2) is 0 Å². The van der Waals surface area contributed by atoms with E-state index in [1.54, 1.807) is 0 Å². The Kier molecular flexibility index (Phi) is 9.99. The van der Waals surface area contributed by atoms with Gasteiger partial charge in [-0.2, -0.15) is 0 Å². The van der Waals surface area contributed by atoms with E-state index in [-0.39, 0.29) is 12.2 Å². The van der Waals surface area contributed by atoms with Crippen molar-refractivity contribution in [2.45, 2.75) is 33.8 Å². The van der Waals surface area contributed by atoms with Gasteiger partial charge in [-0.05, 0) is 33.3 Å². The number of likely N-dealkylation sites (N-methyl/N-ethyl adjacent to an activating group) is 1. The second kappa shape index (κ2) is 10.2. The molecule has 0 heterocycles. The van der Waals surface area contributed by atoms with Gasteiger partial charge in [-0.1, -0.05) is 6.58 Å². The van der Waals surface area contributed by atoms with Crippen molar-refractivity contribution in [3.63, 3.8) is 0 Å². The van der Waals surface area contributed by atoms with Gasteiger partial charge in [0.1, 0.15) is 19.3 Å². The van der Waals surface area contributed by atoms with Crippen molar-refractivity contribution < 1.29 is 28.0 Å². The molecular weight excluding hydrogens is 293 g/mol. The first-order valence-electron chi connectivity index (χ1n) is 7.34. The first kappa shape index (κ1) is 20.5. The highest BCUT2D eigenvalue weighted by Crippen LogP contribution is 2.24. The monoisotopic (exact) mass is 322 g/mol. The number of aliphatic hydroxyl groups is 1. The lowest BCUT2D eigenvalue weighted by molar-refractivity contribution is -0.923. The zero-order chi connectivity index (χ0) is 16.5. The molecule has 0 aromatic rings. The summed E-state index contributed by atoms with van der Waals surface area (Å²) in [5.74, 6) is -0.511. The minimum atomic E-state index is -2.69. The Morgan fingerprint density at radius 2 is 1.76 bits per heavy atom. The molecule has 0 aliphatic carbocycles. The maximum Gasteiger partial charge on any atom is 0.319 e. The third-order valence-electron chi connectivity index (χ3n) is 3.88. The summed E-state index contributed by atoms with van der Waals surface area (Å²) in [7, 11) is -2.69. The number of hydrogen-bond donors (Lipinski definition) is 1. The second-order valence-corrected chi connectivity index (χ2v) is 6.16. The third-order valence-corrected chi connectivity index (χ3v) is 4.72. The van der Waals surface area contributed by atoms with Crippen molar-refractivity contribution in [3.8, 4) is 0 Å². The Labute approximate surface area is 128 Å². The van der Waals surface area contributed by atoms with Crippen molar-refractivity contribution in [1.29, 1.82) is 0 Å². The number of ketones is 1. The van der Waals surface area contributed by atoms with E-state index < -0.39 is 20.1 Å². The Morgan fingerprint density at radius 1 is 1.24 bits per heavy atom. The van der Waals surface area contributed by atoms with Gasteiger partial charge in [0.2, 0.25) is 0 Å². The van der Waals surface area contributed by atoms with Gasteiger partial charge in [0.25, 0.3) is 0 Å². The predicted octanol–water partition coefficient (Wildman–Crippen LogP) is 1.79. The topological polar surface area (TPSA) is 72.8 Å². The molecule has 0 aliphatic rings. The van der Waals surface area contributed by atoms with Crippen molar-refractivity contribution >= 4 is 14.0 Å². The van der Waals surface area contributed by atoms with Crippen LogP contribution in [0.5, 0.6) is 0 Å². The summed E-state index contributed by atoms with van der Waals surface area (Å²) in [6, 6.07) is 0. The largest absolute Gasteiger partial charge is 0.382 e. The van der Waals surface area contributed by atoms with Gasteiger partial charge in [0.05, 0.1) is 26.2 Å². The Balaban J connectivity index is 4.06. The normalized spacial score (nSPS) is 14.7. The minimum Gasteiger partial charge on any atom is -0.382 e. The van der Waals surface area contributed by atoms with Crippen LogP contribution in [0.2, 0.25) is 0 Å². The highest BCUT2D eigenvalue weighted by molar-refractivity contribution is 7.33. The molecule has 0 aromatic carbocycles. The van der Waals surface area contributed by atoms with Crippen LogP contribution in [0.3, 0.4) is 0 Å². The standard InChI is InChI=1S/C14H29NO5P/c1-6-15(7-2,8-3)9-10-19-21(18)20-11-13(16)14(17)12(4)5/h13,16,21H,4,6-11H2,1-3,5H3/q+1. The van der Waals surface area contributed by atoms with E-state index in [9.17, 15) is 14.5 Å². The number of nitrogens with zero attached hydrogens (tertiary/aromatic N) is 1. The van der Waals surface area contributed by atoms with Gasteiger partial charge in [-0.3, -0.25) is 9.36 Å². The second-order valence-electron chi connectivity index (χ2n) is 5.08. The van der Waals surface area contributed by atoms with Gasteiger partial charge in [0, 0.05) is 0 Å². The molecule has 0 fully saturated rings. The van der Waals surface area contributed by atoms with Crippen LogP contribution in [0, 0.1) is 0 Å². The van der Waals surface area contributed by atoms with E-state index in [2.05, 4.69) is 27.4 Å². The van der Waals surface area contributed by atoms with E-state index >= 15 is 0 Å². The highest BCUT2D eigenvalue weighted by Gasteiger charge is 2.21. The fourth-order valence-electron chi connectivity index (χ4n) is 2.02. The lowest BCUT2D eigenvalue weighted by Gasteiger charge is -2.35. The lowest BCUT2D eigenvalue weighted by atomic mass is 10.1. The van der Waals surface area contributed by atoms with Crippen LogP contribution in [0.4, 0.5) is 0 Å².